The second-order valence-corrected chi connectivity index (χ2v) is 3.71. The summed E-state index contributed by atoms with van der Waals surface area (Å²) in [5.74, 6) is -0.0644. The lowest BCUT2D eigenvalue weighted by atomic mass is 10.1. The maximum atomic E-state index is 12.0. The van der Waals surface area contributed by atoms with Gasteiger partial charge in [0.1, 0.15) is 0 Å². The molecule has 0 aliphatic carbocycles. The van der Waals surface area contributed by atoms with Gasteiger partial charge in [0.2, 0.25) is 0 Å². The third kappa shape index (κ3) is 2.50. The average molecular weight is 226 g/mol. The number of para-hydroxylation sites is 1. The highest BCUT2D eigenvalue weighted by Gasteiger charge is 2.08. The molecule has 1 amide bonds. The van der Waals surface area contributed by atoms with E-state index in [0.29, 0.717) is 12.1 Å². The van der Waals surface area contributed by atoms with E-state index in [1.165, 1.54) is 0 Å². The molecule has 0 aliphatic heterocycles. The first-order valence-electron chi connectivity index (χ1n) is 5.56. The molecule has 0 bridgehead atoms. The van der Waals surface area contributed by atoms with E-state index in [2.05, 4.69) is 16.9 Å². The van der Waals surface area contributed by atoms with Gasteiger partial charge < -0.3 is 5.32 Å². The van der Waals surface area contributed by atoms with Crippen LogP contribution in [0.15, 0.2) is 49.2 Å². The number of fused-ring (bicyclic) bond motifs is 1. The fourth-order valence-electron chi connectivity index (χ4n) is 1.68. The fraction of sp³-hybridized carbons (Fsp3) is 0.143. The van der Waals surface area contributed by atoms with Crippen molar-refractivity contribution in [3.8, 4) is 0 Å². The van der Waals surface area contributed by atoms with Crippen molar-refractivity contribution in [3.05, 3.63) is 54.7 Å². The number of carbonyl (C=O) groups excluding carboxylic acids is 1. The number of hydrogen-bond acceptors (Lipinski definition) is 2. The molecule has 0 aliphatic rings. The van der Waals surface area contributed by atoms with Crippen LogP contribution in [0.4, 0.5) is 0 Å². The number of amides is 1. The zero-order chi connectivity index (χ0) is 12.1. The van der Waals surface area contributed by atoms with Crippen LogP contribution < -0.4 is 5.32 Å². The molecule has 0 radical (unpaired) electrons. The van der Waals surface area contributed by atoms with E-state index in [0.717, 1.165) is 17.3 Å². The molecule has 1 heterocycles. The number of aromatic nitrogens is 1. The predicted octanol–water partition coefficient (Wildman–Crippen LogP) is 2.54. The zero-order valence-corrected chi connectivity index (χ0v) is 9.52. The smallest absolute Gasteiger partial charge is 0.252 e. The summed E-state index contributed by atoms with van der Waals surface area (Å²) in [5, 5.41) is 3.73. The summed E-state index contributed by atoms with van der Waals surface area (Å²) >= 11 is 0. The Morgan fingerprint density at radius 3 is 3.00 bits per heavy atom. The van der Waals surface area contributed by atoms with Crippen LogP contribution >= 0.6 is 0 Å². The lowest BCUT2D eigenvalue weighted by molar-refractivity contribution is 0.0956. The van der Waals surface area contributed by atoms with Crippen LogP contribution in [0.1, 0.15) is 16.8 Å². The molecule has 1 N–H and O–H groups in total. The average Bonchev–Trinajstić information content (AvgIpc) is 2.38. The SMILES string of the molecule is C=CCCNC(=O)c1ccnc2ccccc12. The minimum Gasteiger partial charge on any atom is -0.352 e. The quantitative estimate of drug-likeness (QED) is 0.643. The molecule has 1 aromatic heterocycles. The first kappa shape index (κ1) is 11.3. The number of nitrogens with one attached hydrogen (secondary N) is 1. The minimum absolute atomic E-state index is 0.0644. The number of pyridine rings is 1. The molecular formula is C14H14N2O. The van der Waals surface area contributed by atoms with Crippen LogP contribution in [0.25, 0.3) is 10.9 Å². The van der Waals surface area contributed by atoms with Gasteiger partial charge in [0.15, 0.2) is 0 Å². The molecule has 3 nitrogen and oxygen atoms in total. The molecule has 86 valence electrons. The van der Waals surface area contributed by atoms with Gasteiger partial charge in [-0.15, -0.1) is 6.58 Å². The van der Waals surface area contributed by atoms with Crippen molar-refractivity contribution < 1.29 is 4.79 Å². The van der Waals surface area contributed by atoms with E-state index in [1.807, 2.05) is 24.3 Å². The predicted molar refractivity (Wildman–Crippen MR) is 68.9 cm³/mol. The van der Waals surface area contributed by atoms with Crippen molar-refractivity contribution >= 4 is 16.8 Å². The van der Waals surface area contributed by atoms with Crippen molar-refractivity contribution in [2.75, 3.05) is 6.54 Å². The maximum absolute atomic E-state index is 12.0. The van der Waals surface area contributed by atoms with Gasteiger partial charge in [0, 0.05) is 18.1 Å². The Morgan fingerprint density at radius 2 is 2.18 bits per heavy atom. The van der Waals surface area contributed by atoms with E-state index in [9.17, 15) is 4.79 Å². The van der Waals surface area contributed by atoms with Gasteiger partial charge in [-0.1, -0.05) is 24.3 Å². The lowest BCUT2D eigenvalue weighted by Crippen LogP contribution is -2.24. The molecule has 17 heavy (non-hydrogen) atoms. The highest BCUT2D eigenvalue weighted by molar-refractivity contribution is 6.05. The molecule has 1 aromatic carbocycles. The molecule has 0 spiro atoms. The maximum Gasteiger partial charge on any atom is 0.252 e. The number of benzene rings is 1. The van der Waals surface area contributed by atoms with E-state index in [4.69, 9.17) is 0 Å². The number of rotatable bonds is 4. The second kappa shape index (κ2) is 5.25. The summed E-state index contributed by atoms with van der Waals surface area (Å²) in [7, 11) is 0. The minimum atomic E-state index is -0.0644. The summed E-state index contributed by atoms with van der Waals surface area (Å²) < 4.78 is 0. The molecule has 0 saturated heterocycles. The van der Waals surface area contributed by atoms with Crippen molar-refractivity contribution in [2.24, 2.45) is 0 Å². The van der Waals surface area contributed by atoms with Crippen LogP contribution in [0.3, 0.4) is 0 Å². The van der Waals surface area contributed by atoms with Gasteiger partial charge in [-0.2, -0.15) is 0 Å². The zero-order valence-electron chi connectivity index (χ0n) is 9.52. The Hall–Kier alpha value is -2.16. The van der Waals surface area contributed by atoms with E-state index >= 15 is 0 Å². The van der Waals surface area contributed by atoms with Crippen LogP contribution in [-0.2, 0) is 0 Å². The molecule has 0 unspecified atom stereocenters. The van der Waals surface area contributed by atoms with Gasteiger partial charge >= 0.3 is 0 Å². The van der Waals surface area contributed by atoms with Crippen LogP contribution in [0, 0.1) is 0 Å². The van der Waals surface area contributed by atoms with E-state index in [-0.39, 0.29) is 5.91 Å². The van der Waals surface area contributed by atoms with E-state index in [1.54, 1.807) is 18.3 Å². The molecule has 0 saturated carbocycles. The number of nitrogens with zero attached hydrogens (tertiary/aromatic N) is 1. The van der Waals surface area contributed by atoms with Crippen LogP contribution in [-0.4, -0.2) is 17.4 Å². The van der Waals surface area contributed by atoms with Crippen molar-refractivity contribution in [1.82, 2.24) is 10.3 Å². The number of hydrogen-bond donors (Lipinski definition) is 1. The first-order valence-corrected chi connectivity index (χ1v) is 5.56. The third-order valence-corrected chi connectivity index (χ3v) is 2.53. The Balaban J connectivity index is 2.28. The summed E-state index contributed by atoms with van der Waals surface area (Å²) in [6, 6.07) is 9.37. The topological polar surface area (TPSA) is 42.0 Å². The molecule has 0 atom stereocenters. The third-order valence-electron chi connectivity index (χ3n) is 2.53. The summed E-state index contributed by atoms with van der Waals surface area (Å²) in [5.41, 5.74) is 1.50. The van der Waals surface area contributed by atoms with E-state index < -0.39 is 0 Å². The molecule has 0 fully saturated rings. The second-order valence-electron chi connectivity index (χ2n) is 3.71. The standard InChI is InChI=1S/C14H14N2O/c1-2-3-9-16-14(17)12-8-10-15-13-7-5-4-6-11(12)13/h2,4-8,10H,1,3,9H2,(H,16,17). The largest absolute Gasteiger partial charge is 0.352 e. The molecular weight excluding hydrogens is 212 g/mol. The molecule has 2 aromatic rings. The van der Waals surface area contributed by atoms with Crippen molar-refractivity contribution in [2.45, 2.75) is 6.42 Å². The van der Waals surface area contributed by atoms with Crippen LogP contribution in [0.5, 0.6) is 0 Å². The lowest BCUT2D eigenvalue weighted by Gasteiger charge is -2.06. The van der Waals surface area contributed by atoms with Crippen LogP contribution in [0.2, 0.25) is 0 Å². The Morgan fingerprint density at radius 1 is 1.35 bits per heavy atom. The molecule has 3 heteroatoms. The first-order chi connectivity index (χ1) is 8.33. The monoisotopic (exact) mass is 226 g/mol. The number of carbonyl (C=O) groups is 1. The Kier molecular flexibility index (Phi) is 3.50. The van der Waals surface area contributed by atoms with Gasteiger partial charge in [-0.3, -0.25) is 9.78 Å². The van der Waals surface area contributed by atoms with Crippen molar-refractivity contribution in [1.29, 1.82) is 0 Å². The summed E-state index contributed by atoms with van der Waals surface area (Å²) in [6.45, 7) is 4.23. The van der Waals surface area contributed by atoms with Crippen molar-refractivity contribution in [3.63, 3.8) is 0 Å². The van der Waals surface area contributed by atoms with Gasteiger partial charge in [0.25, 0.3) is 5.91 Å². The Labute approximate surface area is 100 Å². The van der Waals surface area contributed by atoms with Gasteiger partial charge in [-0.25, -0.2) is 0 Å². The highest BCUT2D eigenvalue weighted by Crippen LogP contribution is 2.15. The Bertz CT molecular complexity index is 543. The highest BCUT2D eigenvalue weighted by atomic mass is 16.1. The van der Waals surface area contributed by atoms with Gasteiger partial charge in [0.05, 0.1) is 11.1 Å². The summed E-state index contributed by atoms with van der Waals surface area (Å²) in [6.07, 6.45) is 4.21. The molecule has 2 rings (SSSR count). The summed E-state index contributed by atoms with van der Waals surface area (Å²) in [4.78, 5) is 16.2. The van der Waals surface area contributed by atoms with Gasteiger partial charge in [-0.05, 0) is 18.6 Å². The fourth-order valence-corrected chi connectivity index (χ4v) is 1.68. The normalized spacial score (nSPS) is 10.1.